The highest BCUT2D eigenvalue weighted by Gasteiger charge is 2.26. The molecule has 2 nitrogen and oxygen atoms in total. The molecule has 2 heteroatoms. The molecule has 17 heavy (non-hydrogen) atoms. The van der Waals surface area contributed by atoms with Crippen molar-refractivity contribution < 1.29 is 9.59 Å². The number of carbonyl (C=O) groups excluding carboxylic acids is 2. The Kier molecular flexibility index (Phi) is 5.88. The molecule has 0 saturated carbocycles. The average molecular weight is 234 g/mol. The first-order valence-corrected chi connectivity index (χ1v) is 6.65. The van der Waals surface area contributed by atoms with E-state index in [4.69, 9.17) is 0 Å². The molecule has 0 radical (unpaired) electrons. The molecule has 0 aromatic heterocycles. The van der Waals surface area contributed by atoms with Gasteiger partial charge < -0.3 is 0 Å². The minimum absolute atomic E-state index is 0.145. The number of ketones is 2. The van der Waals surface area contributed by atoms with Crippen molar-refractivity contribution in [1.29, 1.82) is 0 Å². The van der Waals surface area contributed by atoms with E-state index in [1.807, 2.05) is 18.2 Å². The van der Waals surface area contributed by atoms with E-state index in [2.05, 4.69) is 13.8 Å². The lowest BCUT2D eigenvalue weighted by molar-refractivity contribution is -0.123. The second-order valence-corrected chi connectivity index (χ2v) is 4.58. The predicted octanol–water partition coefficient (Wildman–Crippen LogP) is 3.62. The van der Waals surface area contributed by atoms with Crippen LogP contribution in [0.2, 0.25) is 0 Å². The lowest BCUT2D eigenvalue weighted by Crippen LogP contribution is -2.18. The Bertz CT molecular complexity index is 337. The number of allylic oxidation sites excluding steroid dienone is 4. The summed E-state index contributed by atoms with van der Waals surface area (Å²) < 4.78 is 0. The molecule has 0 saturated heterocycles. The molecule has 0 aliphatic heterocycles. The Labute approximate surface area is 104 Å². The van der Waals surface area contributed by atoms with E-state index in [0.29, 0.717) is 18.4 Å². The second kappa shape index (κ2) is 7.21. The largest absolute Gasteiger partial charge is 0.299 e. The Balaban J connectivity index is 2.55. The molecule has 0 fully saturated rings. The van der Waals surface area contributed by atoms with Crippen molar-refractivity contribution in [2.45, 2.75) is 52.4 Å². The van der Waals surface area contributed by atoms with E-state index in [0.717, 1.165) is 25.7 Å². The van der Waals surface area contributed by atoms with Gasteiger partial charge in [-0.3, -0.25) is 9.59 Å². The summed E-state index contributed by atoms with van der Waals surface area (Å²) >= 11 is 0. The summed E-state index contributed by atoms with van der Waals surface area (Å²) in [5.74, 6) is 0.0781. The molecule has 1 atom stereocenters. The molecule has 0 aromatic rings. The maximum Gasteiger partial charge on any atom is 0.159 e. The molecule has 0 heterocycles. The molecule has 0 aromatic carbocycles. The van der Waals surface area contributed by atoms with Crippen LogP contribution in [0.25, 0.3) is 0 Å². The van der Waals surface area contributed by atoms with Crippen molar-refractivity contribution in [2.75, 3.05) is 0 Å². The zero-order valence-electron chi connectivity index (χ0n) is 10.9. The summed E-state index contributed by atoms with van der Waals surface area (Å²) in [6.07, 6.45) is 10.5. The third-order valence-electron chi connectivity index (χ3n) is 3.12. The maximum atomic E-state index is 11.9. The van der Waals surface area contributed by atoms with Crippen molar-refractivity contribution in [1.82, 2.24) is 0 Å². The monoisotopic (exact) mass is 234 g/mol. The standard InChI is InChI=1S/C15H22O2/c1-3-5-10-14(16)12-8-7-9-13(12)15(17)11-6-4-2/h7-9,12H,3-6,10-11H2,1-2H3. The second-order valence-electron chi connectivity index (χ2n) is 4.58. The van der Waals surface area contributed by atoms with Crippen LogP contribution in [0.5, 0.6) is 0 Å². The zero-order valence-corrected chi connectivity index (χ0v) is 10.9. The maximum absolute atomic E-state index is 11.9. The van der Waals surface area contributed by atoms with Crippen LogP contribution in [-0.4, -0.2) is 11.6 Å². The van der Waals surface area contributed by atoms with Crippen molar-refractivity contribution in [3.8, 4) is 0 Å². The van der Waals surface area contributed by atoms with Crippen LogP contribution in [0.3, 0.4) is 0 Å². The minimum Gasteiger partial charge on any atom is -0.299 e. The quantitative estimate of drug-likeness (QED) is 0.643. The van der Waals surface area contributed by atoms with Gasteiger partial charge in [0.1, 0.15) is 5.78 Å². The molecule has 0 amide bonds. The first-order chi connectivity index (χ1) is 8.20. The van der Waals surface area contributed by atoms with E-state index in [-0.39, 0.29) is 17.5 Å². The molecular weight excluding hydrogens is 212 g/mol. The van der Waals surface area contributed by atoms with Gasteiger partial charge in [-0.2, -0.15) is 0 Å². The lowest BCUT2D eigenvalue weighted by atomic mass is 9.90. The van der Waals surface area contributed by atoms with Crippen LogP contribution in [0, 0.1) is 5.92 Å². The summed E-state index contributed by atoms with van der Waals surface area (Å²) in [6, 6.07) is 0. The van der Waals surface area contributed by atoms with Gasteiger partial charge in [0.15, 0.2) is 5.78 Å². The summed E-state index contributed by atoms with van der Waals surface area (Å²) in [6.45, 7) is 4.14. The molecule has 1 unspecified atom stereocenters. The number of carbonyl (C=O) groups is 2. The Morgan fingerprint density at radius 2 is 1.76 bits per heavy atom. The first-order valence-electron chi connectivity index (χ1n) is 6.65. The molecule has 0 N–H and O–H groups in total. The number of hydrogen-bond donors (Lipinski definition) is 0. The van der Waals surface area contributed by atoms with Crippen LogP contribution in [-0.2, 0) is 9.59 Å². The van der Waals surface area contributed by atoms with E-state index in [9.17, 15) is 9.59 Å². The van der Waals surface area contributed by atoms with Gasteiger partial charge in [0.2, 0.25) is 0 Å². The topological polar surface area (TPSA) is 34.1 Å². The molecule has 0 bridgehead atoms. The lowest BCUT2D eigenvalue weighted by Gasteiger charge is -2.11. The van der Waals surface area contributed by atoms with Crippen molar-refractivity contribution in [3.05, 3.63) is 23.8 Å². The van der Waals surface area contributed by atoms with Gasteiger partial charge in [0.05, 0.1) is 5.92 Å². The van der Waals surface area contributed by atoms with Crippen LogP contribution >= 0.6 is 0 Å². The van der Waals surface area contributed by atoms with Gasteiger partial charge in [-0.25, -0.2) is 0 Å². The summed E-state index contributed by atoms with van der Waals surface area (Å²) in [7, 11) is 0. The molecule has 1 rings (SSSR count). The van der Waals surface area contributed by atoms with E-state index >= 15 is 0 Å². The third-order valence-corrected chi connectivity index (χ3v) is 3.12. The van der Waals surface area contributed by atoms with Gasteiger partial charge >= 0.3 is 0 Å². The van der Waals surface area contributed by atoms with Crippen molar-refractivity contribution in [3.63, 3.8) is 0 Å². The van der Waals surface area contributed by atoms with Gasteiger partial charge in [0, 0.05) is 18.4 Å². The SMILES string of the molecule is CCCCC(=O)C1=CC=CC1C(=O)CCCC. The van der Waals surface area contributed by atoms with Crippen LogP contribution < -0.4 is 0 Å². The summed E-state index contributed by atoms with van der Waals surface area (Å²) in [5.41, 5.74) is 0.708. The summed E-state index contributed by atoms with van der Waals surface area (Å²) in [4.78, 5) is 23.9. The normalized spacial score (nSPS) is 18.2. The highest BCUT2D eigenvalue weighted by atomic mass is 16.1. The number of Topliss-reactive ketones (excluding diaryl/α,β-unsaturated/α-hetero) is 2. The average Bonchev–Trinajstić information content (AvgIpc) is 2.82. The molecule has 1 aliphatic rings. The molecule has 1 aliphatic carbocycles. The Hall–Kier alpha value is -1.18. The van der Waals surface area contributed by atoms with Gasteiger partial charge in [-0.1, -0.05) is 44.9 Å². The van der Waals surface area contributed by atoms with E-state index in [1.54, 1.807) is 0 Å². The van der Waals surface area contributed by atoms with E-state index < -0.39 is 0 Å². The van der Waals surface area contributed by atoms with Crippen LogP contribution in [0.4, 0.5) is 0 Å². The Morgan fingerprint density at radius 3 is 2.41 bits per heavy atom. The number of hydrogen-bond acceptors (Lipinski definition) is 2. The fourth-order valence-corrected chi connectivity index (χ4v) is 2.01. The summed E-state index contributed by atoms with van der Waals surface area (Å²) in [5, 5.41) is 0. The van der Waals surface area contributed by atoms with Gasteiger partial charge in [0.25, 0.3) is 0 Å². The number of unbranched alkanes of at least 4 members (excludes halogenated alkanes) is 2. The highest BCUT2D eigenvalue weighted by Crippen LogP contribution is 2.24. The van der Waals surface area contributed by atoms with Crippen LogP contribution in [0.1, 0.15) is 52.4 Å². The van der Waals surface area contributed by atoms with Crippen molar-refractivity contribution in [2.24, 2.45) is 5.92 Å². The third kappa shape index (κ3) is 3.95. The van der Waals surface area contributed by atoms with Gasteiger partial charge in [-0.15, -0.1) is 0 Å². The van der Waals surface area contributed by atoms with E-state index in [1.165, 1.54) is 0 Å². The predicted molar refractivity (Wildman–Crippen MR) is 69.8 cm³/mol. The van der Waals surface area contributed by atoms with Gasteiger partial charge in [-0.05, 0) is 12.8 Å². The van der Waals surface area contributed by atoms with Crippen molar-refractivity contribution >= 4 is 11.6 Å². The molecular formula is C15H22O2. The molecule has 94 valence electrons. The fraction of sp³-hybridized carbons (Fsp3) is 0.600. The zero-order chi connectivity index (χ0) is 12.7. The highest BCUT2D eigenvalue weighted by molar-refractivity contribution is 6.04. The number of rotatable bonds is 8. The fourth-order valence-electron chi connectivity index (χ4n) is 2.01. The minimum atomic E-state index is -0.258. The molecule has 0 spiro atoms. The first kappa shape index (κ1) is 13.9. The van der Waals surface area contributed by atoms with Crippen LogP contribution in [0.15, 0.2) is 23.8 Å². The smallest absolute Gasteiger partial charge is 0.159 e. The Morgan fingerprint density at radius 1 is 1.12 bits per heavy atom.